The second-order valence-electron chi connectivity index (χ2n) is 4.86. The van der Waals surface area contributed by atoms with E-state index in [-0.39, 0.29) is 9.87 Å². The molecule has 0 atom stereocenters. The van der Waals surface area contributed by atoms with Crippen molar-refractivity contribution in [3.63, 3.8) is 0 Å². The summed E-state index contributed by atoms with van der Waals surface area (Å²) < 4.78 is 91.5. The Bertz CT molecular complexity index is 961. The first-order valence-electron chi connectivity index (χ1n) is 6.34. The molecule has 0 fully saturated rings. The number of nitrogens with zero attached hydrogens (tertiary/aromatic N) is 1. The summed E-state index contributed by atoms with van der Waals surface area (Å²) in [6.45, 7) is -1.32. The van der Waals surface area contributed by atoms with E-state index < -0.39 is 62.0 Å². The highest BCUT2D eigenvalue weighted by atomic mass is 32.2. The predicted octanol–water partition coefficient (Wildman–Crippen LogP) is 2.73. The number of carbonyl (C=O) groups excluding carboxylic acids is 1. The first-order valence-corrected chi connectivity index (χ1v) is 7.78. The van der Waals surface area contributed by atoms with Crippen LogP contribution >= 0.6 is 0 Å². The predicted molar refractivity (Wildman–Crippen MR) is 69.7 cm³/mol. The Morgan fingerprint density at radius 2 is 1.33 bits per heavy atom. The molecule has 1 aliphatic heterocycles. The van der Waals surface area contributed by atoms with Crippen LogP contribution in [0.1, 0.15) is 15.9 Å². The molecule has 0 N–H and O–H groups in total. The second kappa shape index (κ2) is 5.26. The van der Waals surface area contributed by atoms with E-state index in [4.69, 9.17) is 0 Å². The summed E-state index contributed by atoms with van der Waals surface area (Å²) in [5.41, 5.74) is -1.66. The highest BCUT2D eigenvalue weighted by molar-refractivity contribution is 7.90. The van der Waals surface area contributed by atoms with Crippen molar-refractivity contribution in [1.29, 1.82) is 0 Å². The molecule has 0 saturated heterocycles. The number of fused-ring (bicyclic) bond motifs is 1. The zero-order chi connectivity index (χ0) is 17.8. The molecule has 1 aliphatic rings. The molecule has 0 saturated carbocycles. The van der Waals surface area contributed by atoms with Gasteiger partial charge in [-0.15, -0.1) is 0 Å². The van der Waals surface area contributed by atoms with Crippen molar-refractivity contribution in [3.05, 3.63) is 64.5 Å². The van der Waals surface area contributed by atoms with Gasteiger partial charge in [0.15, 0.2) is 23.3 Å². The third-order valence-electron chi connectivity index (χ3n) is 3.51. The van der Waals surface area contributed by atoms with Gasteiger partial charge in [-0.25, -0.2) is 34.7 Å². The van der Waals surface area contributed by atoms with E-state index >= 15 is 0 Å². The number of hydrogen-bond acceptors (Lipinski definition) is 3. The highest BCUT2D eigenvalue weighted by Crippen LogP contribution is 2.33. The van der Waals surface area contributed by atoms with Crippen LogP contribution in [-0.4, -0.2) is 18.6 Å². The number of halogens is 5. The maximum absolute atomic E-state index is 13.7. The summed E-state index contributed by atoms with van der Waals surface area (Å²) in [7, 11) is -4.45. The fourth-order valence-corrected chi connectivity index (χ4v) is 3.86. The van der Waals surface area contributed by atoms with Crippen LogP contribution in [0, 0.1) is 29.1 Å². The van der Waals surface area contributed by atoms with Crippen LogP contribution in [-0.2, 0) is 16.6 Å². The molecule has 1 heterocycles. The third-order valence-corrected chi connectivity index (χ3v) is 5.30. The van der Waals surface area contributed by atoms with Gasteiger partial charge in [-0.05, 0) is 12.1 Å². The van der Waals surface area contributed by atoms with Crippen LogP contribution in [0.5, 0.6) is 0 Å². The van der Waals surface area contributed by atoms with Crippen LogP contribution in [0.15, 0.2) is 29.2 Å². The van der Waals surface area contributed by atoms with Crippen LogP contribution < -0.4 is 0 Å². The fourth-order valence-electron chi connectivity index (χ4n) is 2.32. The number of amides is 1. The topological polar surface area (TPSA) is 54.5 Å². The Morgan fingerprint density at radius 3 is 1.88 bits per heavy atom. The number of hydrogen-bond donors (Lipinski definition) is 0. The van der Waals surface area contributed by atoms with Crippen molar-refractivity contribution in [1.82, 2.24) is 4.31 Å². The van der Waals surface area contributed by atoms with Crippen LogP contribution in [0.2, 0.25) is 0 Å². The minimum Gasteiger partial charge on any atom is -0.268 e. The molecule has 0 radical (unpaired) electrons. The summed E-state index contributed by atoms with van der Waals surface area (Å²) in [4.78, 5) is 11.7. The van der Waals surface area contributed by atoms with E-state index in [1.807, 2.05) is 0 Å². The van der Waals surface area contributed by atoms with Crippen molar-refractivity contribution in [2.75, 3.05) is 0 Å². The largest absolute Gasteiger partial charge is 0.269 e. The summed E-state index contributed by atoms with van der Waals surface area (Å²) in [6, 6.07) is 4.97. The fraction of sp³-hybridized carbons (Fsp3) is 0.0714. The van der Waals surface area contributed by atoms with Crippen molar-refractivity contribution in [2.24, 2.45) is 0 Å². The molecule has 0 bridgehead atoms. The van der Waals surface area contributed by atoms with E-state index in [0.29, 0.717) is 0 Å². The van der Waals surface area contributed by atoms with E-state index in [9.17, 15) is 35.2 Å². The Labute approximate surface area is 132 Å². The van der Waals surface area contributed by atoms with Gasteiger partial charge < -0.3 is 0 Å². The third kappa shape index (κ3) is 2.09. The van der Waals surface area contributed by atoms with Gasteiger partial charge in [-0.2, -0.15) is 0 Å². The van der Waals surface area contributed by atoms with E-state index in [0.717, 1.165) is 6.07 Å². The maximum Gasteiger partial charge on any atom is 0.269 e. The van der Waals surface area contributed by atoms with Crippen molar-refractivity contribution in [3.8, 4) is 0 Å². The number of rotatable bonds is 2. The molecule has 0 spiro atoms. The molecule has 24 heavy (non-hydrogen) atoms. The van der Waals surface area contributed by atoms with Gasteiger partial charge in [0.05, 0.1) is 17.7 Å². The lowest BCUT2D eigenvalue weighted by molar-refractivity contribution is 0.0862. The van der Waals surface area contributed by atoms with Crippen molar-refractivity contribution < 1.29 is 35.2 Å². The first kappa shape index (κ1) is 16.4. The average Bonchev–Trinajstić information content (AvgIpc) is 2.75. The minimum absolute atomic E-state index is 0.0654. The van der Waals surface area contributed by atoms with Gasteiger partial charge in [-0.1, -0.05) is 12.1 Å². The van der Waals surface area contributed by atoms with Gasteiger partial charge >= 0.3 is 0 Å². The van der Waals surface area contributed by atoms with Gasteiger partial charge in [0.1, 0.15) is 4.90 Å². The molecule has 0 aliphatic carbocycles. The summed E-state index contributed by atoms with van der Waals surface area (Å²) in [5, 5.41) is 0. The van der Waals surface area contributed by atoms with Gasteiger partial charge in [-0.3, -0.25) is 4.79 Å². The van der Waals surface area contributed by atoms with E-state index in [1.165, 1.54) is 18.2 Å². The molecule has 126 valence electrons. The lowest BCUT2D eigenvalue weighted by Gasteiger charge is -2.16. The summed E-state index contributed by atoms with van der Waals surface area (Å²) >= 11 is 0. The molecule has 4 nitrogen and oxygen atoms in total. The summed E-state index contributed by atoms with van der Waals surface area (Å²) in [6.07, 6.45) is 0. The van der Waals surface area contributed by atoms with Gasteiger partial charge in [0.25, 0.3) is 15.9 Å². The quantitative estimate of drug-likeness (QED) is 0.468. The van der Waals surface area contributed by atoms with Gasteiger partial charge in [0, 0.05) is 0 Å². The molecule has 1 amide bonds. The minimum atomic E-state index is -4.45. The number of benzene rings is 2. The zero-order valence-electron chi connectivity index (χ0n) is 11.5. The number of sulfonamides is 1. The Morgan fingerprint density at radius 1 is 0.833 bits per heavy atom. The second-order valence-corrected chi connectivity index (χ2v) is 6.69. The molecular weight excluding hydrogens is 357 g/mol. The van der Waals surface area contributed by atoms with E-state index in [1.54, 1.807) is 0 Å². The lowest BCUT2D eigenvalue weighted by atomic mass is 10.1. The Kier molecular flexibility index (Phi) is 3.59. The van der Waals surface area contributed by atoms with E-state index in [2.05, 4.69) is 0 Å². The molecule has 3 rings (SSSR count). The normalized spacial score (nSPS) is 15.7. The van der Waals surface area contributed by atoms with Crippen LogP contribution in [0.4, 0.5) is 22.0 Å². The molecule has 2 aromatic rings. The van der Waals surface area contributed by atoms with Crippen LogP contribution in [0.25, 0.3) is 0 Å². The summed E-state index contributed by atoms with van der Waals surface area (Å²) in [5.74, 6) is -12.3. The molecule has 0 aromatic heterocycles. The molecule has 0 unspecified atom stereocenters. The monoisotopic (exact) mass is 363 g/mol. The number of carbonyl (C=O) groups is 1. The average molecular weight is 363 g/mol. The highest BCUT2D eigenvalue weighted by Gasteiger charge is 2.42. The van der Waals surface area contributed by atoms with Crippen molar-refractivity contribution in [2.45, 2.75) is 11.4 Å². The standard InChI is InChI=1S/C14H6F5NO3S/c15-9-7(10(16)12(18)13(19)11(9)17)5-20-14(21)6-3-1-2-4-8(6)24(20,22)23/h1-4H,5H2. The zero-order valence-corrected chi connectivity index (χ0v) is 12.3. The van der Waals surface area contributed by atoms with Crippen LogP contribution in [0.3, 0.4) is 0 Å². The van der Waals surface area contributed by atoms with Crippen molar-refractivity contribution >= 4 is 15.9 Å². The first-order chi connectivity index (χ1) is 11.2. The molecule has 2 aromatic carbocycles. The Balaban J connectivity index is 2.14. The lowest BCUT2D eigenvalue weighted by Crippen LogP contribution is -2.30. The molecular formula is C14H6F5NO3S. The van der Waals surface area contributed by atoms with Gasteiger partial charge in [0.2, 0.25) is 5.82 Å². The Hall–Kier alpha value is -2.49. The molecule has 10 heteroatoms. The smallest absolute Gasteiger partial charge is 0.268 e. The maximum atomic E-state index is 13.7. The SMILES string of the molecule is O=C1c2ccccc2S(=O)(=O)N1Cc1c(F)c(F)c(F)c(F)c1F.